The minimum absolute atomic E-state index is 0.201. The monoisotopic (exact) mass is 301 g/mol. The number of carbonyl (C=O) groups is 2. The summed E-state index contributed by atoms with van der Waals surface area (Å²) in [6.07, 6.45) is 1.50. The van der Waals surface area contributed by atoms with Crippen molar-refractivity contribution in [1.82, 2.24) is 0 Å². The lowest BCUT2D eigenvalue weighted by Crippen LogP contribution is -2.21. The quantitative estimate of drug-likeness (QED) is 0.899. The zero-order valence-electron chi connectivity index (χ0n) is 10.0. The first kappa shape index (κ1) is 14.2. The van der Waals surface area contributed by atoms with E-state index in [1.807, 2.05) is 0 Å². The number of carboxylic acid groups (broad SMARTS) is 1. The predicted octanol–water partition coefficient (Wildman–Crippen LogP) is 3.43. The molecule has 0 bridgehead atoms. The molecule has 1 amide bonds. The number of benzene rings is 1. The summed E-state index contributed by atoms with van der Waals surface area (Å²) in [5.41, 5.74) is 0.456. The fraction of sp³-hybridized carbons (Fsp3) is 0.385. The number of halogens is 2. The van der Waals surface area contributed by atoms with Crippen LogP contribution in [-0.2, 0) is 9.59 Å². The van der Waals surface area contributed by atoms with Gasteiger partial charge in [0.2, 0.25) is 5.91 Å². The molecule has 1 aromatic rings. The van der Waals surface area contributed by atoms with Gasteiger partial charge in [-0.15, -0.1) is 0 Å². The zero-order valence-corrected chi connectivity index (χ0v) is 11.5. The molecule has 2 unspecified atom stereocenters. The van der Waals surface area contributed by atoms with Crippen LogP contribution in [0.15, 0.2) is 18.2 Å². The van der Waals surface area contributed by atoms with Gasteiger partial charge in [-0.05, 0) is 31.4 Å². The highest BCUT2D eigenvalue weighted by Crippen LogP contribution is 2.34. The van der Waals surface area contributed by atoms with Crippen LogP contribution >= 0.6 is 23.2 Å². The van der Waals surface area contributed by atoms with Crippen molar-refractivity contribution in [2.24, 2.45) is 11.8 Å². The van der Waals surface area contributed by atoms with E-state index in [2.05, 4.69) is 5.32 Å². The Morgan fingerprint density at radius 2 is 1.89 bits per heavy atom. The van der Waals surface area contributed by atoms with Gasteiger partial charge in [0.15, 0.2) is 0 Å². The van der Waals surface area contributed by atoms with Crippen LogP contribution in [-0.4, -0.2) is 17.0 Å². The Morgan fingerprint density at radius 3 is 2.53 bits per heavy atom. The van der Waals surface area contributed by atoms with Gasteiger partial charge in [0.1, 0.15) is 0 Å². The highest BCUT2D eigenvalue weighted by atomic mass is 35.5. The van der Waals surface area contributed by atoms with E-state index in [4.69, 9.17) is 28.3 Å². The Morgan fingerprint density at radius 1 is 1.21 bits per heavy atom. The standard InChI is InChI=1S/C13H13Cl2NO3/c14-9-2-1-3-10(11(9)15)16-12(17)7-4-5-8(6-7)13(18)19/h1-3,7-8H,4-6H2,(H,16,17)(H,18,19). The summed E-state index contributed by atoms with van der Waals surface area (Å²) in [4.78, 5) is 22.9. The van der Waals surface area contributed by atoms with Crippen LogP contribution in [0.5, 0.6) is 0 Å². The lowest BCUT2D eigenvalue weighted by atomic mass is 10.0. The number of carbonyl (C=O) groups excluding carboxylic acids is 1. The van der Waals surface area contributed by atoms with Crippen molar-refractivity contribution in [3.05, 3.63) is 28.2 Å². The van der Waals surface area contributed by atoms with Gasteiger partial charge in [0.25, 0.3) is 0 Å². The summed E-state index contributed by atoms with van der Waals surface area (Å²) in [7, 11) is 0. The first-order chi connectivity index (χ1) is 8.99. The Bertz CT molecular complexity index is 519. The molecule has 0 radical (unpaired) electrons. The number of hydrogen-bond donors (Lipinski definition) is 2. The van der Waals surface area contributed by atoms with Crippen LogP contribution < -0.4 is 5.32 Å². The van der Waals surface area contributed by atoms with Gasteiger partial charge >= 0.3 is 5.97 Å². The molecule has 0 saturated heterocycles. The van der Waals surface area contributed by atoms with Gasteiger partial charge in [0, 0.05) is 5.92 Å². The molecule has 6 heteroatoms. The average molecular weight is 302 g/mol. The molecule has 19 heavy (non-hydrogen) atoms. The summed E-state index contributed by atoms with van der Waals surface area (Å²) in [5.74, 6) is -1.74. The SMILES string of the molecule is O=C(O)C1CCC(C(=O)Nc2cccc(Cl)c2Cl)C1. The molecular weight excluding hydrogens is 289 g/mol. The van der Waals surface area contributed by atoms with Gasteiger partial charge in [-0.3, -0.25) is 9.59 Å². The highest BCUT2D eigenvalue weighted by Gasteiger charge is 2.33. The van der Waals surface area contributed by atoms with Gasteiger partial charge in [-0.25, -0.2) is 0 Å². The maximum atomic E-state index is 12.0. The van der Waals surface area contributed by atoms with Crippen molar-refractivity contribution in [2.45, 2.75) is 19.3 Å². The molecule has 0 aromatic heterocycles. The molecule has 2 rings (SSSR count). The number of hydrogen-bond acceptors (Lipinski definition) is 2. The van der Waals surface area contributed by atoms with E-state index in [9.17, 15) is 9.59 Å². The van der Waals surface area contributed by atoms with Crippen molar-refractivity contribution in [2.75, 3.05) is 5.32 Å². The van der Waals surface area contributed by atoms with Gasteiger partial charge < -0.3 is 10.4 Å². The van der Waals surface area contributed by atoms with Crippen molar-refractivity contribution >= 4 is 40.8 Å². The molecule has 2 atom stereocenters. The average Bonchev–Trinajstić information content (AvgIpc) is 2.84. The first-order valence-electron chi connectivity index (χ1n) is 5.96. The van der Waals surface area contributed by atoms with Crippen LogP contribution in [0, 0.1) is 11.8 Å². The molecule has 0 spiro atoms. The third-order valence-corrected chi connectivity index (χ3v) is 4.18. The van der Waals surface area contributed by atoms with Gasteiger partial charge in [-0.1, -0.05) is 29.3 Å². The molecular formula is C13H13Cl2NO3. The number of nitrogens with one attached hydrogen (secondary N) is 1. The molecule has 0 heterocycles. The van der Waals surface area contributed by atoms with Gasteiger partial charge in [-0.2, -0.15) is 0 Å². The summed E-state index contributed by atoms with van der Waals surface area (Å²) in [6.45, 7) is 0. The van der Waals surface area contributed by atoms with Crippen LogP contribution in [0.25, 0.3) is 0 Å². The summed E-state index contributed by atoms with van der Waals surface area (Å²) in [5, 5.41) is 12.3. The summed E-state index contributed by atoms with van der Waals surface area (Å²) in [6, 6.07) is 4.99. The number of rotatable bonds is 3. The summed E-state index contributed by atoms with van der Waals surface area (Å²) >= 11 is 11.8. The summed E-state index contributed by atoms with van der Waals surface area (Å²) < 4.78 is 0. The van der Waals surface area contributed by atoms with E-state index in [0.29, 0.717) is 35.0 Å². The molecule has 4 nitrogen and oxygen atoms in total. The van der Waals surface area contributed by atoms with Crippen LogP contribution in [0.4, 0.5) is 5.69 Å². The fourth-order valence-electron chi connectivity index (χ4n) is 2.28. The van der Waals surface area contributed by atoms with Crippen molar-refractivity contribution in [1.29, 1.82) is 0 Å². The Hall–Kier alpha value is -1.26. The van der Waals surface area contributed by atoms with Crippen molar-refractivity contribution in [3.63, 3.8) is 0 Å². The van der Waals surface area contributed by atoms with E-state index < -0.39 is 11.9 Å². The molecule has 2 N–H and O–H groups in total. The number of carboxylic acids is 1. The normalized spacial score (nSPS) is 22.2. The fourth-order valence-corrected chi connectivity index (χ4v) is 2.63. The molecule has 1 aliphatic carbocycles. The van der Waals surface area contributed by atoms with E-state index in [-0.39, 0.29) is 11.8 Å². The minimum Gasteiger partial charge on any atom is -0.481 e. The second kappa shape index (κ2) is 5.80. The number of aliphatic carboxylic acids is 1. The largest absolute Gasteiger partial charge is 0.481 e. The van der Waals surface area contributed by atoms with Crippen LogP contribution in [0.1, 0.15) is 19.3 Å². The van der Waals surface area contributed by atoms with E-state index in [1.165, 1.54) is 0 Å². The van der Waals surface area contributed by atoms with Crippen LogP contribution in [0.3, 0.4) is 0 Å². The molecule has 1 aliphatic rings. The Balaban J connectivity index is 2.02. The molecule has 1 fully saturated rings. The molecule has 0 aliphatic heterocycles. The number of anilines is 1. The second-order valence-corrected chi connectivity index (χ2v) is 5.42. The lowest BCUT2D eigenvalue weighted by molar-refractivity contribution is -0.141. The smallest absolute Gasteiger partial charge is 0.306 e. The molecule has 102 valence electrons. The van der Waals surface area contributed by atoms with E-state index in [1.54, 1.807) is 18.2 Å². The topological polar surface area (TPSA) is 66.4 Å². The maximum Gasteiger partial charge on any atom is 0.306 e. The van der Waals surface area contributed by atoms with Gasteiger partial charge in [0.05, 0.1) is 21.7 Å². The zero-order chi connectivity index (χ0) is 14.0. The highest BCUT2D eigenvalue weighted by molar-refractivity contribution is 6.44. The van der Waals surface area contributed by atoms with E-state index >= 15 is 0 Å². The van der Waals surface area contributed by atoms with Crippen molar-refractivity contribution in [3.8, 4) is 0 Å². The van der Waals surface area contributed by atoms with Crippen LogP contribution in [0.2, 0.25) is 10.0 Å². The van der Waals surface area contributed by atoms with E-state index in [0.717, 1.165) is 0 Å². The molecule has 1 aromatic carbocycles. The third-order valence-electron chi connectivity index (χ3n) is 3.36. The number of amides is 1. The third kappa shape index (κ3) is 3.19. The maximum absolute atomic E-state index is 12.0. The van der Waals surface area contributed by atoms with Crippen molar-refractivity contribution < 1.29 is 14.7 Å². The lowest BCUT2D eigenvalue weighted by Gasteiger charge is -2.12. The Kier molecular flexibility index (Phi) is 4.32. The first-order valence-corrected chi connectivity index (χ1v) is 6.72. The second-order valence-electron chi connectivity index (χ2n) is 4.64. The Labute approximate surface area is 120 Å². The predicted molar refractivity (Wildman–Crippen MR) is 73.6 cm³/mol. The molecule has 1 saturated carbocycles. The minimum atomic E-state index is -0.837.